The van der Waals surface area contributed by atoms with Gasteiger partial charge in [0.05, 0.1) is 18.7 Å². The first-order valence-corrected chi connectivity index (χ1v) is 7.69. The van der Waals surface area contributed by atoms with Gasteiger partial charge in [0.25, 0.3) is 5.91 Å². The zero-order chi connectivity index (χ0) is 15.7. The molecule has 1 aromatic heterocycles. The number of hydrogen-bond acceptors (Lipinski definition) is 4. The molecular formula is C17H21NO4. The number of hydrogen-bond donors (Lipinski definition) is 2. The van der Waals surface area contributed by atoms with Gasteiger partial charge in [0.2, 0.25) is 0 Å². The first-order valence-electron chi connectivity index (χ1n) is 7.69. The number of rotatable bonds is 3. The van der Waals surface area contributed by atoms with Crippen molar-refractivity contribution in [1.29, 1.82) is 0 Å². The van der Waals surface area contributed by atoms with E-state index in [1.54, 1.807) is 4.90 Å². The van der Waals surface area contributed by atoms with Gasteiger partial charge >= 0.3 is 0 Å². The Hall–Kier alpha value is -1.85. The highest BCUT2D eigenvalue weighted by Gasteiger charge is 2.35. The molecule has 1 fully saturated rings. The fraction of sp³-hybridized carbons (Fsp3) is 0.471. The van der Waals surface area contributed by atoms with Crippen molar-refractivity contribution in [3.8, 4) is 0 Å². The van der Waals surface area contributed by atoms with E-state index in [1.165, 1.54) is 6.26 Å². The minimum atomic E-state index is -1.19. The van der Waals surface area contributed by atoms with Crippen molar-refractivity contribution >= 4 is 16.9 Å². The molecule has 1 atom stereocenters. The summed E-state index contributed by atoms with van der Waals surface area (Å²) < 4.78 is 5.48. The maximum atomic E-state index is 12.8. The Morgan fingerprint density at radius 1 is 1.45 bits per heavy atom. The molecule has 0 unspecified atom stereocenters. The Bertz CT molecular complexity index is 693. The monoisotopic (exact) mass is 303 g/mol. The van der Waals surface area contributed by atoms with Crippen LogP contribution in [0.4, 0.5) is 0 Å². The standard InChI is InChI=1S/C17H21NO4/c1-2-12-4-5-15-13(8-12)14(9-22-15)16(20)18-7-3-6-17(21,10-18)11-19/h4-5,8-9,19,21H,2-3,6-7,10-11H2,1H3/t17-/m0/s1. The van der Waals surface area contributed by atoms with E-state index in [0.717, 1.165) is 17.4 Å². The molecule has 0 radical (unpaired) electrons. The molecule has 22 heavy (non-hydrogen) atoms. The fourth-order valence-corrected chi connectivity index (χ4v) is 3.05. The molecule has 0 bridgehead atoms. The number of aliphatic hydroxyl groups is 2. The maximum absolute atomic E-state index is 12.8. The smallest absolute Gasteiger partial charge is 0.257 e. The predicted molar refractivity (Wildman–Crippen MR) is 82.8 cm³/mol. The van der Waals surface area contributed by atoms with Crippen LogP contribution in [0, 0.1) is 0 Å². The zero-order valence-corrected chi connectivity index (χ0v) is 12.7. The number of fused-ring (bicyclic) bond motifs is 1. The van der Waals surface area contributed by atoms with Crippen molar-refractivity contribution in [1.82, 2.24) is 4.90 Å². The summed E-state index contributed by atoms with van der Waals surface area (Å²) >= 11 is 0. The lowest BCUT2D eigenvalue weighted by atomic mass is 9.93. The second-order valence-corrected chi connectivity index (χ2v) is 6.05. The zero-order valence-electron chi connectivity index (χ0n) is 12.7. The number of likely N-dealkylation sites (tertiary alicyclic amines) is 1. The quantitative estimate of drug-likeness (QED) is 0.909. The highest BCUT2D eigenvalue weighted by atomic mass is 16.3. The number of benzene rings is 1. The average molecular weight is 303 g/mol. The van der Waals surface area contributed by atoms with Gasteiger partial charge in [-0.15, -0.1) is 0 Å². The van der Waals surface area contributed by atoms with Gasteiger partial charge in [-0.3, -0.25) is 4.79 Å². The highest BCUT2D eigenvalue weighted by Crippen LogP contribution is 2.27. The first-order chi connectivity index (χ1) is 10.6. The Morgan fingerprint density at radius 2 is 2.27 bits per heavy atom. The SMILES string of the molecule is CCc1ccc2occ(C(=O)N3CCC[C@@](O)(CO)C3)c2c1. The Labute approximate surface area is 129 Å². The normalized spacial score (nSPS) is 22.2. The second kappa shape index (κ2) is 5.74. The molecule has 3 rings (SSSR count). The molecule has 118 valence electrons. The molecular weight excluding hydrogens is 282 g/mol. The second-order valence-electron chi connectivity index (χ2n) is 6.05. The molecule has 5 nitrogen and oxygen atoms in total. The lowest BCUT2D eigenvalue weighted by Crippen LogP contribution is -2.52. The van der Waals surface area contributed by atoms with Crippen molar-refractivity contribution in [2.24, 2.45) is 0 Å². The van der Waals surface area contributed by atoms with Crippen LogP contribution in [0.2, 0.25) is 0 Å². The number of amides is 1. The number of furan rings is 1. The molecule has 1 aromatic carbocycles. The molecule has 0 saturated carbocycles. The summed E-state index contributed by atoms with van der Waals surface area (Å²) in [7, 11) is 0. The van der Waals surface area contributed by atoms with E-state index in [2.05, 4.69) is 6.92 Å². The molecule has 2 aromatic rings. The van der Waals surface area contributed by atoms with Gasteiger partial charge in [-0.05, 0) is 37.0 Å². The fourth-order valence-electron chi connectivity index (χ4n) is 3.05. The summed E-state index contributed by atoms with van der Waals surface area (Å²) in [6.45, 7) is 2.47. The van der Waals surface area contributed by atoms with Gasteiger partial charge in [-0.25, -0.2) is 0 Å². The van der Waals surface area contributed by atoms with Crippen molar-refractivity contribution in [3.05, 3.63) is 35.6 Å². The summed E-state index contributed by atoms with van der Waals surface area (Å²) in [6.07, 6.45) is 3.57. The number of carbonyl (C=O) groups excluding carboxylic acids is 1. The van der Waals surface area contributed by atoms with Crippen LogP contribution in [0.1, 0.15) is 35.7 Å². The van der Waals surface area contributed by atoms with E-state index >= 15 is 0 Å². The van der Waals surface area contributed by atoms with Crippen LogP contribution < -0.4 is 0 Å². The number of nitrogens with zero attached hydrogens (tertiary/aromatic N) is 1. The van der Waals surface area contributed by atoms with Crippen LogP contribution in [-0.4, -0.2) is 46.3 Å². The van der Waals surface area contributed by atoms with E-state index < -0.39 is 5.60 Å². The Kier molecular flexibility index (Phi) is 3.93. The lowest BCUT2D eigenvalue weighted by Gasteiger charge is -2.37. The number of β-amino-alcohol motifs (C(OH)–C–C–N with tert-alkyl or cyclic N) is 1. The first kappa shape index (κ1) is 15.1. The summed E-state index contributed by atoms with van der Waals surface area (Å²) in [6, 6.07) is 5.85. The highest BCUT2D eigenvalue weighted by molar-refractivity contribution is 6.06. The van der Waals surface area contributed by atoms with E-state index in [-0.39, 0.29) is 19.1 Å². The third-order valence-electron chi connectivity index (χ3n) is 4.41. The Morgan fingerprint density at radius 3 is 3.00 bits per heavy atom. The molecule has 2 N–H and O–H groups in total. The summed E-state index contributed by atoms with van der Waals surface area (Å²) in [5, 5.41) is 20.3. The van der Waals surface area contributed by atoms with E-state index in [9.17, 15) is 15.0 Å². The van der Waals surface area contributed by atoms with Gasteiger partial charge in [-0.2, -0.15) is 0 Å². The van der Waals surface area contributed by atoms with Crippen LogP contribution in [0.25, 0.3) is 11.0 Å². The number of aryl methyl sites for hydroxylation is 1. The molecule has 5 heteroatoms. The van der Waals surface area contributed by atoms with E-state index in [1.807, 2.05) is 18.2 Å². The number of piperidine rings is 1. The molecule has 0 aliphatic carbocycles. The minimum absolute atomic E-state index is 0.154. The van der Waals surface area contributed by atoms with Crippen LogP contribution in [-0.2, 0) is 6.42 Å². The van der Waals surface area contributed by atoms with Gasteiger partial charge in [-0.1, -0.05) is 13.0 Å². The third kappa shape index (κ3) is 2.62. The number of aliphatic hydroxyl groups excluding tert-OH is 1. The van der Waals surface area contributed by atoms with Crippen LogP contribution in [0.15, 0.2) is 28.9 Å². The summed E-state index contributed by atoms with van der Waals surface area (Å²) in [5.41, 5.74) is 1.16. The topological polar surface area (TPSA) is 73.9 Å². The van der Waals surface area contributed by atoms with Gasteiger partial charge < -0.3 is 19.5 Å². The van der Waals surface area contributed by atoms with Crippen molar-refractivity contribution in [2.75, 3.05) is 19.7 Å². The molecule has 1 aliphatic heterocycles. The molecule has 1 amide bonds. The van der Waals surface area contributed by atoms with Crippen LogP contribution >= 0.6 is 0 Å². The van der Waals surface area contributed by atoms with Crippen molar-refractivity contribution in [3.63, 3.8) is 0 Å². The maximum Gasteiger partial charge on any atom is 0.257 e. The molecule has 2 heterocycles. The summed E-state index contributed by atoms with van der Waals surface area (Å²) in [4.78, 5) is 14.4. The lowest BCUT2D eigenvalue weighted by molar-refractivity contribution is -0.0598. The van der Waals surface area contributed by atoms with Crippen LogP contribution in [0.3, 0.4) is 0 Å². The third-order valence-corrected chi connectivity index (χ3v) is 4.41. The molecule has 1 aliphatic rings. The van der Waals surface area contributed by atoms with E-state index in [0.29, 0.717) is 30.5 Å². The van der Waals surface area contributed by atoms with Crippen LogP contribution in [0.5, 0.6) is 0 Å². The van der Waals surface area contributed by atoms with Gasteiger partial charge in [0.1, 0.15) is 17.4 Å². The Balaban J connectivity index is 1.92. The van der Waals surface area contributed by atoms with Gasteiger partial charge in [0.15, 0.2) is 0 Å². The van der Waals surface area contributed by atoms with E-state index in [4.69, 9.17) is 4.42 Å². The van der Waals surface area contributed by atoms with Crippen molar-refractivity contribution < 1.29 is 19.4 Å². The molecule has 0 spiro atoms. The molecule has 1 saturated heterocycles. The average Bonchev–Trinajstić information content (AvgIpc) is 2.97. The number of carbonyl (C=O) groups is 1. The minimum Gasteiger partial charge on any atom is -0.463 e. The summed E-state index contributed by atoms with van der Waals surface area (Å²) in [5.74, 6) is -0.154. The predicted octanol–water partition coefficient (Wildman–Crippen LogP) is 1.95. The largest absolute Gasteiger partial charge is 0.463 e. The van der Waals surface area contributed by atoms with Crippen molar-refractivity contribution in [2.45, 2.75) is 31.8 Å². The van der Waals surface area contributed by atoms with Gasteiger partial charge in [0, 0.05) is 11.9 Å².